The lowest BCUT2D eigenvalue weighted by atomic mass is 10.2. The number of halogens is 3. The van der Waals surface area contributed by atoms with Crippen LogP contribution in [-0.4, -0.2) is 74.1 Å². The van der Waals surface area contributed by atoms with Crippen molar-refractivity contribution in [3.63, 3.8) is 0 Å². The van der Waals surface area contributed by atoms with Crippen LogP contribution in [0.5, 0.6) is 0 Å². The number of nitrogens with zero attached hydrogens (tertiary/aromatic N) is 2. The third-order valence-electron chi connectivity index (χ3n) is 4.18. The first-order valence-electron chi connectivity index (χ1n) is 8.37. The number of amides is 2. The molecule has 26 heavy (non-hydrogen) atoms. The van der Waals surface area contributed by atoms with Crippen LogP contribution in [0.2, 0.25) is 0 Å². The smallest absolute Gasteiger partial charge is 0.254 e. The molecule has 1 fully saturated rings. The molecular weight excluding hydrogens is 351 g/mol. The van der Waals surface area contributed by atoms with Gasteiger partial charge in [0, 0.05) is 46.2 Å². The molecule has 0 aliphatic carbocycles. The number of carbonyl (C=O) groups is 2. The molecule has 6 nitrogen and oxygen atoms in total. The summed E-state index contributed by atoms with van der Waals surface area (Å²) < 4.78 is 45.0. The first-order valence-corrected chi connectivity index (χ1v) is 8.37. The van der Waals surface area contributed by atoms with Gasteiger partial charge in [0.2, 0.25) is 5.91 Å². The Bertz CT molecular complexity index is 652. The molecule has 0 saturated carbocycles. The van der Waals surface area contributed by atoms with Crippen LogP contribution in [0.25, 0.3) is 0 Å². The van der Waals surface area contributed by atoms with E-state index in [0.29, 0.717) is 32.4 Å². The van der Waals surface area contributed by atoms with Gasteiger partial charge in [0.05, 0.1) is 18.8 Å². The number of benzene rings is 1. The van der Waals surface area contributed by atoms with Crippen LogP contribution < -0.4 is 5.32 Å². The molecule has 2 rings (SSSR count). The fraction of sp³-hybridized carbons (Fsp3) is 0.529. The van der Waals surface area contributed by atoms with E-state index in [4.69, 9.17) is 4.74 Å². The Morgan fingerprint density at radius 1 is 1.15 bits per heavy atom. The normalized spacial score (nSPS) is 14.9. The van der Waals surface area contributed by atoms with Crippen LogP contribution in [0.15, 0.2) is 12.1 Å². The third kappa shape index (κ3) is 5.43. The molecule has 144 valence electrons. The Labute approximate surface area is 149 Å². The van der Waals surface area contributed by atoms with Gasteiger partial charge < -0.3 is 15.0 Å². The molecule has 1 aliphatic heterocycles. The molecule has 0 atom stereocenters. The average Bonchev–Trinajstić information content (AvgIpc) is 2.63. The molecule has 1 N–H and O–H groups in total. The highest BCUT2D eigenvalue weighted by molar-refractivity contribution is 5.94. The van der Waals surface area contributed by atoms with Crippen molar-refractivity contribution in [2.75, 3.05) is 52.5 Å². The SMILES string of the molecule is CC(=O)N(CCNC(=O)c1ccc(F)c(F)c1F)CCN1CCOCC1. The maximum absolute atomic E-state index is 13.6. The average molecular weight is 373 g/mol. The Kier molecular flexibility index (Phi) is 7.40. The summed E-state index contributed by atoms with van der Waals surface area (Å²) in [7, 11) is 0. The number of carbonyl (C=O) groups excluding carboxylic acids is 2. The lowest BCUT2D eigenvalue weighted by Crippen LogP contribution is -2.44. The monoisotopic (exact) mass is 373 g/mol. The summed E-state index contributed by atoms with van der Waals surface area (Å²) in [6, 6.07) is 1.57. The van der Waals surface area contributed by atoms with Crippen molar-refractivity contribution in [1.82, 2.24) is 15.1 Å². The van der Waals surface area contributed by atoms with Gasteiger partial charge in [-0.1, -0.05) is 0 Å². The molecule has 1 heterocycles. The van der Waals surface area contributed by atoms with Crippen LogP contribution in [-0.2, 0) is 9.53 Å². The number of hydrogen-bond donors (Lipinski definition) is 1. The van der Waals surface area contributed by atoms with Gasteiger partial charge >= 0.3 is 0 Å². The maximum atomic E-state index is 13.6. The highest BCUT2D eigenvalue weighted by atomic mass is 19.2. The summed E-state index contributed by atoms with van der Waals surface area (Å²) in [4.78, 5) is 27.4. The first-order chi connectivity index (χ1) is 12.4. The van der Waals surface area contributed by atoms with Gasteiger partial charge in [-0.2, -0.15) is 0 Å². The van der Waals surface area contributed by atoms with E-state index in [-0.39, 0.29) is 19.0 Å². The molecular formula is C17H22F3N3O3. The van der Waals surface area contributed by atoms with Gasteiger partial charge in [0.25, 0.3) is 5.91 Å². The largest absolute Gasteiger partial charge is 0.379 e. The Morgan fingerprint density at radius 2 is 1.85 bits per heavy atom. The van der Waals surface area contributed by atoms with Gasteiger partial charge in [-0.15, -0.1) is 0 Å². The summed E-state index contributed by atoms with van der Waals surface area (Å²) in [6.45, 7) is 5.84. The zero-order valence-corrected chi connectivity index (χ0v) is 14.6. The van der Waals surface area contributed by atoms with Crippen molar-refractivity contribution >= 4 is 11.8 Å². The van der Waals surface area contributed by atoms with E-state index in [0.717, 1.165) is 19.2 Å². The Hall–Kier alpha value is -2.13. The summed E-state index contributed by atoms with van der Waals surface area (Å²) in [6.07, 6.45) is 0. The Balaban J connectivity index is 1.82. The molecule has 0 bridgehead atoms. The Morgan fingerprint density at radius 3 is 2.50 bits per heavy atom. The van der Waals surface area contributed by atoms with Crippen LogP contribution in [0.1, 0.15) is 17.3 Å². The fourth-order valence-corrected chi connectivity index (χ4v) is 2.61. The summed E-state index contributed by atoms with van der Waals surface area (Å²) in [5.74, 6) is -5.58. The van der Waals surface area contributed by atoms with E-state index in [2.05, 4.69) is 10.2 Å². The summed E-state index contributed by atoms with van der Waals surface area (Å²) in [5, 5.41) is 2.41. The number of morpholine rings is 1. The molecule has 9 heteroatoms. The molecule has 0 unspecified atom stereocenters. The minimum atomic E-state index is -1.69. The molecule has 0 radical (unpaired) electrons. The van der Waals surface area contributed by atoms with Gasteiger partial charge in [0.15, 0.2) is 17.5 Å². The number of rotatable bonds is 7. The lowest BCUT2D eigenvalue weighted by Gasteiger charge is -2.29. The second-order valence-electron chi connectivity index (χ2n) is 5.94. The van der Waals surface area contributed by atoms with Crippen molar-refractivity contribution in [2.45, 2.75) is 6.92 Å². The molecule has 0 spiro atoms. The van der Waals surface area contributed by atoms with Crippen molar-refractivity contribution < 1.29 is 27.5 Å². The maximum Gasteiger partial charge on any atom is 0.254 e. The van der Waals surface area contributed by atoms with Gasteiger partial charge in [-0.25, -0.2) is 13.2 Å². The molecule has 1 aromatic carbocycles. The van der Waals surface area contributed by atoms with E-state index >= 15 is 0 Å². The van der Waals surface area contributed by atoms with E-state index in [9.17, 15) is 22.8 Å². The van der Waals surface area contributed by atoms with E-state index in [1.165, 1.54) is 6.92 Å². The quantitative estimate of drug-likeness (QED) is 0.725. The second kappa shape index (κ2) is 9.54. The summed E-state index contributed by atoms with van der Waals surface area (Å²) in [5.41, 5.74) is -0.577. The van der Waals surface area contributed by atoms with Crippen LogP contribution in [0.3, 0.4) is 0 Å². The predicted octanol–water partition coefficient (Wildman–Crippen LogP) is 1.01. The number of nitrogens with one attached hydrogen (secondary N) is 1. The highest BCUT2D eigenvalue weighted by Gasteiger charge is 2.19. The predicted molar refractivity (Wildman–Crippen MR) is 88.2 cm³/mol. The minimum absolute atomic E-state index is 0.0694. The van der Waals surface area contributed by atoms with Crippen molar-refractivity contribution in [3.05, 3.63) is 35.1 Å². The zero-order chi connectivity index (χ0) is 19.1. The van der Waals surface area contributed by atoms with Crippen LogP contribution in [0, 0.1) is 17.5 Å². The van der Waals surface area contributed by atoms with Crippen LogP contribution in [0.4, 0.5) is 13.2 Å². The number of hydrogen-bond acceptors (Lipinski definition) is 4. The standard InChI is InChI=1S/C17H22F3N3O3/c1-12(24)23(7-6-22-8-10-26-11-9-22)5-4-21-17(25)13-2-3-14(18)16(20)15(13)19/h2-3H,4-11H2,1H3,(H,21,25). The zero-order valence-electron chi connectivity index (χ0n) is 14.6. The van der Waals surface area contributed by atoms with E-state index in [1.54, 1.807) is 4.90 Å². The van der Waals surface area contributed by atoms with E-state index < -0.39 is 28.9 Å². The highest BCUT2D eigenvalue weighted by Crippen LogP contribution is 2.14. The van der Waals surface area contributed by atoms with Gasteiger partial charge in [-0.3, -0.25) is 14.5 Å². The fourth-order valence-electron chi connectivity index (χ4n) is 2.61. The molecule has 0 aromatic heterocycles. The third-order valence-corrected chi connectivity index (χ3v) is 4.18. The van der Waals surface area contributed by atoms with Crippen molar-refractivity contribution in [2.24, 2.45) is 0 Å². The van der Waals surface area contributed by atoms with Crippen molar-refractivity contribution in [1.29, 1.82) is 0 Å². The first kappa shape index (κ1) is 20.2. The van der Waals surface area contributed by atoms with E-state index in [1.807, 2.05) is 0 Å². The summed E-state index contributed by atoms with van der Waals surface area (Å²) >= 11 is 0. The molecule has 2 amide bonds. The molecule has 1 saturated heterocycles. The lowest BCUT2D eigenvalue weighted by molar-refractivity contribution is -0.129. The van der Waals surface area contributed by atoms with Gasteiger partial charge in [0.1, 0.15) is 0 Å². The minimum Gasteiger partial charge on any atom is -0.379 e. The topological polar surface area (TPSA) is 61.9 Å². The second-order valence-corrected chi connectivity index (χ2v) is 5.94. The van der Waals surface area contributed by atoms with Crippen molar-refractivity contribution in [3.8, 4) is 0 Å². The van der Waals surface area contributed by atoms with Gasteiger partial charge in [-0.05, 0) is 12.1 Å². The molecule has 1 aliphatic rings. The number of ether oxygens (including phenoxy) is 1. The molecule has 1 aromatic rings. The van der Waals surface area contributed by atoms with Crippen LogP contribution >= 0.6 is 0 Å².